The molecule has 2 aliphatic rings. The van der Waals surface area contributed by atoms with E-state index in [0.717, 1.165) is 17.2 Å². The number of aromatic nitrogens is 2. The lowest BCUT2D eigenvalue weighted by molar-refractivity contribution is -0.152. The lowest BCUT2D eigenvalue weighted by Gasteiger charge is -2.27. The Morgan fingerprint density at radius 1 is 1.40 bits per heavy atom. The molecule has 1 atom stereocenters. The molecule has 3 amide bonds. The molecule has 0 spiro atoms. The van der Waals surface area contributed by atoms with Gasteiger partial charge in [0.15, 0.2) is 11.6 Å². The molecule has 0 aliphatic carbocycles. The molecule has 4 rings (SSSR count). The summed E-state index contributed by atoms with van der Waals surface area (Å²) in [5.74, 6) is -2.87. The summed E-state index contributed by atoms with van der Waals surface area (Å²) in [7, 11) is 1.39. The fourth-order valence-corrected chi connectivity index (χ4v) is 3.73. The molecule has 12 heteroatoms. The molecular formula is C18H17ClF3N5O3. The van der Waals surface area contributed by atoms with Crippen LogP contribution in [-0.2, 0) is 24.3 Å². The van der Waals surface area contributed by atoms with Crippen molar-refractivity contribution in [3.8, 4) is 0 Å². The standard InChI is InChI=1S/C18H17ClF3N5O3/c1-25-17(28)16-11-8-26(3-2-14(11)24-27(16)7-10(6-20)30-25)18(29)23-9-4-12(19)15(22)13(21)5-9/h4-5,10H,2-3,6-8H2,1H3,(H,23,29)/t10-/m1/s1. The van der Waals surface area contributed by atoms with Crippen molar-refractivity contribution in [3.63, 3.8) is 0 Å². The summed E-state index contributed by atoms with van der Waals surface area (Å²) in [6, 6.07) is 1.36. The summed E-state index contributed by atoms with van der Waals surface area (Å²) in [5, 5.41) is 7.38. The van der Waals surface area contributed by atoms with Gasteiger partial charge in [0.1, 0.15) is 18.5 Å². The predicted molar refractivity (Wildman–Crippen MR) is 99.7 cm³/mol. The number of benzene rings is 1. The van der Waals surface area contributed by atoms with Crippen LogP contribution in [0.2, 0.25) is 5.02 Å². The molecule has 0 bridgehead atoms. The van der Waals surface area contributed by atoms with Crippen molar-refractivity contribution in [2.45, 2.75) is 25.6 Å². The molecular weight excluding hydrogens is 427 g/mol. The van der Waals surface area contributed by atoms with Crippen LogP contribution < -0.4 is 5.32 Å². The number of alkyl halides is 1. The van der Waals surface area contributed by atoms with E-state index in [9.17, 15) is 22.8 Å². The number of nitrogens with one attached hydrogen (secondary N) is 1. The van der Waals surface area contributed by atoms with Crippen LogP contribution in [0, 0.1) is 11.6 Å². The van der Waals surface area contributed by atoms with E-state index in [0.29, 0.717) is 24.2 Å². The first-order valence-corrected chi connectivity index (χ1v) is 9.46. The molecule has 0 unspecified atom stereocenters. The summed E-state index contributed by atoms with van der Waals surface area (Å²) < 4.78 is 41.5. The Labute approximate surface area is 174 Å². The Morgan fingerprint density at radius 2 is 2.17 bits per heavy atom. The summed E-state index contributed by atoms with van der Waals surface area (Å²) >= 11 is 5.62. The monoisotopic (exact) mass is 443 g/mol. The van der Waals surface area contributed by atoms with Gasteiger partial charge >= 0.3 is 6.03 Å². The SMILES string of the molecule is CN1O[C@H](CF)Cn2nc3c(c2C1=O)CN(C(=O)Nc1cc(F)c(F)c(Cl)c1)CC3. The lowest BCUT2D eigenvalue weighted by Crippen LogP contribution is -2.39. The van der Waals surface area contributed by atoms with Gasteiger partial charge in [0, 0.05) is 37.3 Å². The number of carbonyl (C=O) groups is 2. The van der Waals surface area contributed by atoms with Gasteiger partial charge in [-0.1, -0.05) is 11.6 Å². The number of carbonyl (C=O) groups excluding carboxylic acids is 2. The molecule has 1 aromatic carbocycles. The number of halogens is 4. The second-order valence-electron chi connectivity index (χ2n) is 7.00. The van der Waals surface area contributed by atoms with Gasteiger partial charge in [0.25, 0.3) is 5.91 Å². The van der Waals surface area contributed by atoms with Gasteiger partial charge in [-0.15, -0.1) is 0 Å². The molecule has 0 saturated heterocycles. The Morgan fingerprint density at radius 3 is 2.87 bits per heavy atom. The van der Waals surface area contributed by atoms with E-state index < -0.39 is 41.4 Å². The Balaban J connectivity index is 1.57. The molecule has 0 saturated carbocycles. The number of amides is 3. The highest BCUT2D eigenvalue weighted by molar-refractivity contribution is 6.31. The highest BCUT2D eigenvalue weighted by Gasteiger charge is 2.35. The van der Waals surface area contributed by atoms with Crippen molar-refractivity contribution in [1.29, 1.82) is 0 Å². The van der Waals surface area contributed by atoms with Crippen LogP contribution in [0.3, 0.4) is 0 Å². The number of rotatable bonds is 2. The minimum atomic E-state index is -1.20. The molecule has 2 aromatic rings. The van der Waals surface area contributed by atoms with E-state index in [1.165, 1.54) is 16.6 Å². The Kier molecular flexibility index (Phi) is 5.33. The molecule has 0 radical (unpaired) electrons. The zero-order valence-electron chi connectivity index (χ0n) is 15.8. The quantitative estimate of drug-likeness (QED) is 0.724. The van der Waals surface area contributed by atoms with Gasteiger partial charge in [-0.25, -0.2) is 23.0 Å². The molecule has 8 nitrogen and oxygen atoms in total. The van der Waals surface area contributed by atoms with Crippen LogP contribution in [-0.4, -0.2) is 58.1 Å². The second kappa shape index (κ2) is 7.80. The van der Waals surface area contributed by atoms with Crippen LogP contribution in [0.1, 0.15) is 21.7 Å². The third-order valence-electron chi connectivity index (χ3n) is 4.97. The van der Waals surface area contributed by atoms with Crippen molar-refractivity contribution < 1.29 is 27.6 Å². The maximum Gasteiger partial charge on any atom is 0.322 e. The van der Waals surface area contributed by atoms with E-state index in [4.69, 9.17) is 16.4 Å². The maximum absolute atomic E-state index is 13.5. The topological polar surface area (TPSA) is 79.7 Å². The van der Waals surface area contributed by atoms with E-state index in [1.807, 2.05) is 0 Å². The highest BCUT2D eigenvalue weighted by Crippen LogP contribution is 2.27. The van der Waals surface area contributed by atoms with Crippen LogP contribution in [0.25, 0.3) is 0 Å². The predicted octanol–water partition coefficient (Wildman–Crippen LogP) is 2.76. The molecule has 1 N–H and O–H groups in total. The number of hydrogen-bond acceptors (Lipinski definition) is 4. The second-order valence-corrected chi connectivity index (χ2v) is 7.40. The fraction of sp³-hybridized carbons (Fsp3) is 0.389. The number of fused-ring (bicyclic) bond motifs is 3. The Hall–Kier alpha value is -2.79. The van der Waals surface area contributed by atoms with E-state index in [-0.39, 0.29) is 24.5 Å². The van der Waals surface area contributed by atoms with E-state index >= 15 is 0 Å². The first kappa shape index (κ1) is 20.5. The van der Waals surface area contributed by atoms with Gasteiger partial charge in [0.05, 0.1) is 23.8 Å². The van der Waals surface area contributed by atoms with Crippen molar-refractivity contribution in [2.75, 3.05) is 25.6 Å². The summed E-state index contributed by atoms with van der Waals surface area (Å²) in [5.41, 5.74) is 1.42. The number of hydrogen-bond donors (Lipinski definition) is 1. The van der Waals surface area contributed by atoms with Gasteiger partial charge in [-0.2, -0.15) is 5.10 Å². The van der Waals surface area contributed by atoms with Crippen molar-refractivity contribution in [2.24, 2.45) is 0 Å². The number of urea groups is 1. The largest absolute Gasteiger partial charge is 0.322 e. The van der Waals surface area contributed by atoms with Crippen LogP contribution in [0.4, 0.5) is 23.7 Å². The summed E-state index contributed by atoms with van der Waals surface area (Å²) in [6.45, 7) is -0.366. The first-order valence-electron chi connectivity index (χ1n) is 9.08. The Bertz CT molecular complexity index is 1010. The normalized spacial score (nSPS) is 18.7. The molecule has 160 valence electrons. The van der Waals surface area contributed by atoms with Crippen molar-refractivity contribution in [3.05, 3.63) is 45.7 Å². The average molecular weight is 444 g/mol. The third-order valence-corrected chi connectivity index (χ3v) is 5.24. The smallest absolute Gasteiger partial charge is 0.320 e. The fourth-order valence-electron chi connectivity index (χ4n) is 3.53. The van der Waals surface area contributed by atoms with Gasteiger partial charge < -0.3 is 10.2 Å². The minimum Gasteiger partial charge on any atom is -0.320 e. The number of hydroxylamine groups is 2. The van der Waals surface area contributed by atoms with Crippen molar-refractivity contribution >= 4 is 29.2 Å². The number of anilines is 1. The zero-order valence-corrected chi connectivity index (χ0v) is 16.5. The summed E-state index contributed by atoms with van der Waals surface area (Å²) in [6.07, 6.45) is -0.474. The minimum absolute atomic E-state index is 0.00136. The molecule has 2 aliphatic heterocycles. The van der Waals surface area contributed by atoms with Gasteiger partial charge in [0.2, 0.25) is 0 Å². The highest BCUT2D eigenvalue weighted by atomic mass is 35.5. The van der Waals surface area contributed by atoms with Crippen molar-refractivity contribution in [1.82, 2.24) is 19.7 Å². The maximum atomic E-state index is 13.5. The average Bonchev–Trinajstić information content (AvgIpc) is 3.01. The van der Waals surface area contributed by atoms with Gasteiger partial charge in [-0.3, -0.25) is 14.3 Å². The van der Waals surface area contributed by atoms with Crippen LogP contribution in [0.15, 0.2) is 12.1 Å². The van der Waals surface area contributed by atoms with Crippen LogP contribution in [0.5, 0.6) is 0 Å². The molecule has 30 heavy (non-hydrogen) atoms. The van der Waals surface area contributed by atoms with Crippen LogP contribution >= 0.6 is 11.6 Å². The van der Waals surface area contributed by atoms with E-state index in [2.05, 4.69) is 10.4 Å². The van der Waals surface area contributed by atoms with Gasteiger partial charge in [-0.05, 0) is 6.07 Å². The molecule has 1 aromatic heterocycles. The third kappa shape index (κ3) is 3.58. The summed E-state index contributed by atoms with van der Waals surface area (Å²) in [4.78, 5) is 32.0. The lowest BCUT2D eigenvalue weighted by atomic mass is 10.1. The number of nitrogens with zero attached hydrogens (tertiary/aromatic N) is 4. The first-order chi connectivity index (χ1) is 14.3. The molecule has 0 fully saturated rings. The molecule has 3 heterocycles. The van der Waals surface area contributed by atoms with E-state index in [1.54, 1.807) is 0 Å². The zero-order chi connectivity index (χ0) is 21.6.